The third-order valence-electron chi connectivity index (χ3n) is 6.18. The van der Waals surface area contributed by atoms with Crippen LogP contribution in [0, 0.1) is 11.8 Å². The summed E-state index contributed by atoms with van der Waals surface area (Å²) in [6.07, 6.45) is 11.5. The number of nitrogens with zero attached hydrogens (tertiary/aromatic N) is 1. The lowest BCUT2D eigenvalue weighted by atomic mass is 9.87. The monoisotopic (exact) mass is 386 g/mol. The van der Waals surface area contributed by atoms with Crippen LogP contribution >= 0.6 is 0 Å². The molecule has 2 aliphatic rings. The van der Waals surface area contributed by atoms with Crippen molar-refractivity contribution in [2.24, 2.45) is 11.8 Å². The van der Waals surface area contributed by atoms with E-state index in [0.29, 0.717) is 18.3 Å². The number of hydrogen-bond donors (Lipinski definition) is 1. The van der Waals surface area contributed by atoms with E-state index in [0.717, 1.165) is 31.5 Å². The zero-order valence-electron chi connectivity index (χ0n) is 18.2. The molecule has 2 fully saturated rings. The highest BCUT2D eigenvalue weighted by atomic mass is 16.2. The molecule has 0 aromatic rings. The van der Waals surface area contributed by atoms with Crippen LogP contribution in [0.15, 0.2) is 35.5 Å². The number of hydrogen-bond acceptors (Lipinski definition) is 2. The second kappa shape index (κ2) is 10.6. The van der Waals surface area contributed by atoms with E-state index >= 15 is 0 Å². The Balaban J connectivity index is 2.04. The zero-order valence-corrected chi connectivity index (χ0v) is 18.2. The molecule has 1 aliphatic carbocycles. The van der Waals surface area contributed by atoms with E-state index in [4.69, 9.17) is 0 Å². The van der Waals surface area contributed by atoms with Crippen LogP contribution in [0.5, 0.6) is 0 Å². The standard InChI is InChI=1S/C24H38N2O2/c1-17(2)10-11-22(18(3)4)24(21-8-6-7-9-21)25-23(28)16-20-12-14-26(15-13-20)19(5)27/h10-11,20-21,24H,1,6-9,12-16H2,2-5H3,(H,25,28)/b11-10-/t24-/m0/s1. The largest absolute Gasteiger partial charge is 0.349 e. The third-order valence-corrected chi connectivity index (χ3v) is 6.18. The summed E-state index contributed by atoms with van der Waals surface area (Å²) in [5.74, 6) is 1.19. The van der Waals surface area contributed by atoms with E-state index in [1.54, 1.807) is 6.92 Å². The molecule has 28 heavy (non-hydrogen) atoms. The number of piperidine rings is 1. The van der Waals surface area contributed by atoms with Gasteiger partial charge in [0.1, 0.15) is 0 Å². The quantitative estimate of drug-likeness (QED) is 0.640. The van der Waals surface area contributed by atoms with Crippen molar-refractivity contribution in [2.75, 3.05) is 13.1 Å². The van der Waals surface area contributed by atoms with Crippen LogP contribution in [0.1, 0.15) is 72.6 Å². The third kappa shape index (κ3) is 6.65. The first-order chi connectivity index (χ1) is 13.3. The molecule has 1 N–H and O–H groups in total. The van der Waals surface area contributed by atoms with Crippen LogP contribution in [0.3, 0.4) is 0 Å². The van der Waals surface area contributed by atoms with Crippen molar-refractivity contribution in [2.45, 2.75) is 78.7 Å². The molecule has 0 unspecified atom stereocenters. The maximum atomic E-state index is 12.9. The summed E-state index contributed by atoms with van der Waals surface area (Å²) >= 11 is 0. The number of carbonyl (C=O) groups excluding carboxylic acids is 2. The van der Waals surface area contributed by atoms with Gasteiger partial charge in [-0.2, -0.15) is 0 Å². The maximum Gasteiger partial charge on any atom is 0.220 e. The first-order valence-corrected chi connectivity index (χ1v) is 10.8. The van der Waals surface area contributed by atoms with Gasteiger partial charge in [-0.25, -0.2) is 0 Å². The van der Waals surface area contributed by atoms with Gasteiger partial charge in [-0.1, -0.05) is 42.7 Å². The van der Waals surface area contributed by atoms with Crippen LogP contribution < -0.4 is 5.32 Å². The highest BCUT2D eigenvalue weighted by Gasteiger charge is 2.30. The number of rotatable bonds is 7. The molecule has 0 aromatic heterocycles. The number of allylic oxidation sites excluding steroid dienone is 3. The van der Waals surface area contributed by atoms with E-state index in [9.17, 15) is 9.59 Å². The molecule has 1 heterocycles. The maximum absolute atomic E-state index is 12.9. The van der Waals surface area contributed by atoms with Gasteiger partial charge >= 0.3 is 0 Å². The second-order valence-corrected chi connectivity index (χ2v) is 8.88. The highest BCUT2D eigenvalue weighted by Crippen LogP contribution is 2.32. The Morgan fingerprint density at radius 3 is 2.14 bits per heavy atom. The SMILES string of the molecule is C=C(C)/C=C\C(=C(C)C)[C@@H](NC(=O)CC1CCN(C(C)=O)CC1)C1CCCC1. The predicted molar refractivity (Wildman–Crippen MR) is 116 cm³/mol. The molecule has 0 radical (unpaired) electrons. The fourth-order valence-corrected chi connectivity index (χ4v) is 4.50. The molecule has 1 saturated heterocycles. The molecule has 156 valence electrons. The normalized spacial score (nSPS) is 19.6. The zero-order chi connectivity index (χ0) is 20.7. The van der Waals surface area contributed by atoms with Gasteiger partial charge < -0.3 is 10.2 Å². The van der Waals surface area contributed by atoms with Crippen LogP contribution in [-0.4, -0.2) is 35.8 Å². The summed E-state index contributed by atoms with van der Waals surface area (Å²) in [5.41, 5.74) is 3.51. The van der Waals surface area contributed by atoms with Crippen LogP contribution in [0.2, 0.25) is 0 Å². The number of carbonyl (C=O) groups is 2. The molecule has 1 atom stereocenters. The summed E-state index contributed by atoms with van der Waals surface area (Å²) in [6.45, 7) is 13.4. The van der Waals surface area contributed by atoms with Crippen LogP contribution in [0.25, 0.3) is 0 Å². The van der Waals surface area contributed by atoms with E-state index in [-0.39, 0.29) is 17.9 Å². The van der Waals surface area contributed by atoms with Gasteiger partial charge in [-0.05, 0) is 63.9 Å². The molecule has 2 rings (SSSR count). The summed E-state index contributed by atoms with van der Waals surface area (Å²) in [7, 11) is 0. The molecule has 0 spiro atoms. The smallest absolute Gasteiger partial charge is 0.220 e. The summed E-state index contributed by atoms with van der Waals surface area (Å²) in [6, 6.07) is 0.0907. The fraction of sp³-hybridized carbons (Fsp3) is 0.667. The minimum Gasteiger partial charge on any atom is -0.349 e. The van der Waals surface area contributed by atoms with Gasteiger partial charge in [-0.15, -0.1) is 0 Å². The van der Waals surface area contributed by atoms with E-state index in [1.807, 2.05) is 17.9 Å². The van der Waals surface area contributed by atoms with Crippen LogP contribution in [0.4, 0.5) is 0 Å². The molecular weight excluding hydrogens is 348 g/mol. The minimum atomic E-state index is 0.0907. The second-order valence-electron chi connectivity index (χ2n) is 8.88. The summed E-state index contributed by atoms with van der Waals surface area (Å²) in [5, 5.41) is 3.39. The fourth-order valence-electron chi connectivity index (χ4n) is 4.50. The number of likely N-dealkylation sites (tertiary alicyclic amines) is 1. The Labute approximate surface area is 171 Å². The lowest BCUT2D eigenvalue weighted by Gasteiger charge is -2.32. The molecular formula is C24H38N2O2. The van der Waals surface area contributed by atoms with Crippen molar-refractivity contribution < 1.29 is 9.59 Å². The molecule has 0 bridgehead atoms. The predicted octanol–water partition coefficient (Wildman–Crippen LogP) is 4.78. The Morgan fingerprint density at radius 2 is 1.64 bits per heavy atom. The highest BCUT2D eigenvalue weighted by molar-refractivity contribution is 5.77. The van der Waals surface area contributed by atoms with E-state index in [1.165, 1.54) is 36.8 Å². The van der Waals surface area contributed by atoms with Gasteiger partial charge in [0, 0.05) is 26.4 Å². The molecule has 4 heteroatoms. The van der Waals surface area contributed by atoms with Crippen molar-refractivity contribution in [3.05, 3.63) is 35.5 Å². The molecule has 4 nitrogen and oxygen atoms in total. The number of nitrogens with one attached hydrogen (secondary N) is 1. The van der Waals surface area contributed by atoms with Crippen LogP contribution in [-0.2, 0) is 9.59 Å². The molecule has 0 aromatic carbocycles. The lowest BCUT2D eigenvalue weighted by Crippen LogP contribution is -2.43. The van der Waals surface area contributed by atoms with Gasteiger partial charge in [-0.3, -0.25) is 9.59 Å². The number of amides is 2. The average molecular weight is 387 g/mol. The Kier molecular flexibility index (Phi) is 8.53. The van der Waals surface area contributed by atoms with E-state index in [2.05, 4.69) is 31.8 Å². The first kappa shape index (κ1) is 22.4. The van der Waals surface area contributed by atoms with Gasteiger partial charge in [0.2, 0.25) is 11.8 Å². The van der Waals surface area contributed by atoms with Crippen molar-refractivity contribution >= 4 is 11.8 Å². The van der Waals surface area contributed by atoms with Crippen molar-refractivity contribution in [3.63, 3.8) is 0 Å². The first-order valence-electron chi connectivity index (χ1n) is 10.8. The minimum absolute atomic E-state index is 0.0907. The topological polar surface area (TPSA) is 49.4 Å². The van der Waals surface area contributed by atoms with Crippen molar-refractivity contribution in [3.8, 4) is 0 Å². The molecule has 1 aliphatic heterocycles. The Bertz CT molecular complexity index is 629. The van der Waals surface area contributed by atoms with Gasteiger partial charge in [0.05, 0.1) is 6.04 Å². The Hall–Kier alpha value is -1.84. The summed E-state index contributed by atoms with van der Waals surface area (Å²) in [4.78, 5) is 26.3. The lowest BCUT2D eigenvalue weighted by molar-refractivity contribution is -0.130. The van der Waals surface area contributed by atoms with Crippen molar-refractivity contribution in [1.29, 1.82) is 0 Å². The Morgan fingerprint density at radius 1 is 1.04 bits per heavy atom. The van der Waals surface area contributed by atoms with Gasteiger partial charge in [0.15, 0.2) is 0 Å². The van der Waals surface area contributed by atoms with Gasteiger partial charge in [0.25, 0.3) is 0 Å². The molecule has 2 amide bonds. The van der Waals surface area contributed by atoms with Crippen molar-refractivity contribution in [1.82, 2.24) is 10.2 Å². The average Bonchev–Trinajstić information content (AvgIpc) is 3.15. The summed E-state index contributed by atoms with van der Waals surface area (Å²) < 4.78 is 0. The van der Waals surface area contributed by atoms with E-state index < -0.39 is 0 Å². The molecule has 1 saturated carbocycles.